The molecule has 0 unspecified atom stereocenters. The van der Waals surface area contributed by atoms with Gasteiger partial charge in [0.1, 0.15) is 11.3 Å². The van der Waals surface area contributed by atoms with Gasteiger partial charge in [0.05, 0.1) is 0 Å². The molecule has 1 atom stereocenters. The third kappa shape index (κ3) is 1.77. The minimum atomic E-state index is 0.580. The molecule has 1 fully saturated rings. The van der Waals surface area contributed by atoms with Crippen LogP contribution in [-0.2, 0) is 0 Å². The molecular weight excluding hydrogens is 212 g/mol. The van der Waals surface area contributed by atoms with Gasteiger partial charge in [0.15, 0.2) is 5.82 Å². The molecule has 17 heavy (non-hydrogen) atoms. The van der Waals surface area contributed by atoms with E-state index < -0.39 is 0 Å². The van der Waals surface area contributed by atoms with Gasteiger partial charge in [0, 0.05) is 18.8 Å². The molecular formula is C13H18N4. The van der Waals surface area contributed by atoms with Gasteiger partial charge in [-0.25, -0.2) is 9.50 Å². The summed E-state index contributed by atoms with van der Waals surface area (Å²) in [5.41, 5.74) is 1.12. The van der Waals surface area contributed by atoms with Crippen molar-refractivity contribution < 1.29 is 0 Å². The molecule has 2 aromatic heterocycles. The first kappa shape index (κ1) is 10.6. The van der Waals surface area contributed by atoms with Crippen molar-refractivity contribution in [3.8, 4) is 0 Å². The minimum Gasteiger partial charge on any atom is -0.352 e. The topological polar surface area (TPSA) is 33.4 Å². The lowest BCUT2D eigenvalue weighted by Crippen LogP contribution is -2.38. The van der Waals surface area contributed by atoms with E-state index in [1.165, 1.54) is 19.3 Å². The van der Waals surface area contributed by atoms with E-state index in [9.17, 15) is 0 Å². The van der Waals surface area contributed by atoms with E-state index >= 15 is 0 Å². The lowest BCUT2D eigenvalue weighted by atomic mass is 10.0. The highest BCUT2D eigenvalue weighted by Crippen LogP contribution is 2.26. The Labute approximate surface area is 101 Å². The van der Waals surface area contributed by atoms with Crippen LogP contribution in [0.1, 0.15) is 32.0 Å². The van der Waals surface area contributed by atoms with Gasteiger partial charge in [-0.2, -0.15) is 5.10 Å². The van der Waals surface area contributed by atoms with Crippen molar-refractivity contribution in [2.75, 3.05) is 11.4 Å². The second kappa shape index (κ2) is 4.02. The maximum absolute atomic E-state index is 4.64. The van der Waals surface area contributed by atoms with Gasteiger partial charge < -0.3 is 4.90 Å². The summed E-state index contributed by atoms with van der Waals surface area (Å²) >= 11 is 0. The summed E-state index contributed by atoms with van der Waals surface area (Å²) in [5, 5.41) is 4.40. The average molecular weight is 230 g/mol. The monoisotopic (exact) mass is 230 g/mol. The molecule has 0 N–H and O–H groups in total. The molecule has 0 saturated carbocycles. The molecule has 0 spiro atoms. The SMILES string of the molecule is Cc1nc(N2CCCC[C@H]2C)c2cccn2n1. The molecule has 0 radical (unpaired) electrons. The quantitative estimate of drug-likeness (QED) is 0.754. The Balaban J connectivity index is 2.11. The summed E-state index contributed by atoms with van der Waals surface area (Å²) in [5.74, 6) is 1.93. The molecule has 1 aliphatic heterocycles. The number of nitrogens with zero attached hydrogens (tertiary/aromatic N) is 4. The predicted molar refractivity (Wildman–Crippen MR) is 68.4 cm³/mol. The first-order valence-corrected chi connectivity index (χ1v) is 6.34. The van der Waals surface area contributed by atoms with Crippen molar-refractivity contribution in [1.82, 2.24) is 14.6 Å². The van der Waals surface area contributed by atoms with Crippen LogP contribution in [0.2, 0.25) is 0 Å². The lowest BCUT2D eigenvalue weighted by molar-refractivity contribution is 0.481. The van der Waals surface area contributed by atoms with Crippen LogP contribution in [0, 0.1) is 6.92 Å². The summed E-state index contributed by atoms with van der Waals surface area (Å²) in [6.07, 6.45) is 5.84. The number of hydrogen-bond donors (Lipinski definition) is 0. The van der Waals surface area contributed by atoms with E-state index in [1.54, 1.807) is 0 Å². The Kier molecular flexibility index (Phi) is 2.50. The Bertz CT molecular complexity index is 531. The molecule has 1 saturated heterocycles. The van der Waals surface area contributed by atoms with E-state index in [-0.39, 0.29) is 0 Å². The summed E-state index contributed by atoms with van der Waals surface area (Å²) in [6.45, 7) is 5.35. The van der Waals surface area contributed by atoms with Crippen molar-refractivity contribution in [3.05, 3.63) is 24.2 Å². The zero-order valence-corrected chi connectivity index (χ0v) is 10.4. The maximum Gasteiger partial charge on any atom is 0.157 e. The van der Waals surface area contributed by atoms with Crippen LogP contribution in [0.15, 0.2) is 18.3 Å². The van der Waals surface area contributed by atoms with Crippen LogP contribution >= 0.6 is 0 Å². The Morgan fingerprint density at radius 2 is 2.24 bits per heavy atom. The molecule has 3 rings (SSSR count). The van der Waals surface area contributed by atoms with E-state index in [2.05, 4.69) is 28.0 Å². The zero-order valence-electron chi connectivity index (χ0n) is 10.4. The summed E-state index contributed by atoms with van der Waals surface area (Å²) in [6, 6.07) is 4.70. The second-order valence-electron chi connectivity index (χ2n) is 4.86. The summed E-state index contributed by atoms with van der Waals surface area (Å²) < 4.78 is 1.93. The van der Waals surface area contributed by atoms with Crippen molar-refractivity contribution in [3.63, 3.8) is 0 Å². The number of piperidine rings is 1. The van der Waals surface area contributed by atoms with Crippen molar-refractivity contribution in [2.24, 2.45) is 0 Å². The van der Waals surface area contributed by atoms with Crippen LogP contribution in [0.4, 0.5) is 5.82 Å². The van der Waals surface area contributed by atoms with Crippen LogP contribution in [0.3, 0.4) is 0 Å². The van der Waals surface area contributed by atoms with Crippen LogP contribution in [0.25, 0.3) is 5.52 Å². The molecule has 0 aromatic carbocycles. The standard InChI is InChI=1S/C13H18N4/c1-10-6-3-4-8-16(10)13-12-7-5-9-17(12)15-11(2)14-13/h5,7,9-10H,3-4,6,8H2,1-2H3/t10-/m1/s1. The highest BCUT2D eigenvalue weighted by atomic mass is 15.3. The highest BCUT2D eigenvalue weighted by Gasteiger charge is 2.22. The third-order valence-corrected chi connectivity index (χ3v) is 3.55. The summed E-state index contributed by atoms with van der Waals surface area (Å²) in [7, 11) is 0. The number of hydrogen-bond acceptors (Lipinski definition) is 3. The minimum absolute atomic E-state index is 0.580. The fourth-order valence-corrected chi connectivity index (χ4v) is 2.65. The lowest BCUT2D eigenvalue weighted by Gasteiger charge is -2.34. The second-order valence-corrected chi connectivity index (χ2v) is 4.86. The third-order valence-electron chi connectivity index (χ3n) is 3.55. The molecule has 3 heterocycles. The smallest absolute Gasteiger partial charge is 0.157 e. The fraction of sp³-hybridized carbons (Fsp3) is 0.538. The van der Waals surface area contributed by atoms with Gasteiger partial charge in [-0.05, 0) is 45.2 Å². The first-order chi connectivity index (χ1) is 8.25. The van der Waals surface area contributed by atoms with E-state index in [0.29, 0.717) is 6.04 Å². The maximum atomic E-state index is 4.64. The Morgan fingerprint density at radius 1 is 1.35 bits per heavy atom. The van der Waals surface area contributed by atoms with Gasteiger partial charge >= 0.3 is 0 Å². The van der Waals surface area contributed by atoms with Crippen molar-refractivity contribution in [1.29, 1.82) is 0 Å². The van der Waals surface area contributed by atoms with Gasteiger partial charge in [-0.3, -0.25) is 0 Å². The molecule has 0 amide bonds. The predicted octanol–water partition coefficient (Wildman–Crippen LogP) is 2.42. The van der Waals surface area contributed by atoms with Crippen LogP contribution in [-0.4, -0.2) is 27.2 Å². The molecule has 0 bridgehead atoms. The van der Waals surface area contributed by atoms with Crippen molar-refractivity contribution >= 4 is 11.3 Å². The largest absolute Gasteiger partial charge is 0.352 e. The van der Waals surface area contributed by atoms with Crippen molar-refractivity contribution in [2.45, 2.75) is 39.2 Å². The van der Waals surface area contributed by atoms with Gasteiger partial charge in [-0.15, -0.1) is 0 Å². The molecule has 4 heteroatoms. The Hall–Kier alpha value is -1.58. The van der Waals surface area contributed by atoms with E-state index in [0.717, 1.165) is 23.7 Å². The van der Waals surface area contributed by atoms with Crippen LogP contribution in [0.5, 0.6) is 0 Å². The average Bonchev–Trinajstić information content (AvgIpc) is 2.76. The van der Waals surface area contributed by atoms with Gasteiger partial charge in [0.2, 0.25) is 0 Å². The highest BCUT2D eigenvalue weighted by molar-refractivity contribution is 5.69. The first-order valence-electron chi connectivity index (χ1n) is 6.34. The van der Waals surface area contributed by atoms with Crippen LogP contribution < -0.4 is 4.90 Å². The van der Waals surface area contributed by atoms with Gasteiger partial charge in [0.25, 0.3) is 0 Å². The molecule has 90 valence electrons. The van der Waals surface area contributed by atoms with E-state index in [4.69, 9.17) is 0 Å². The fourth-order valence-electron chi connectivity index (χ4n) is 2.65. The number of rotatable bonds is 1. The number of aryl methyl sites for hydroxylation is 1. The Morgan fingerprint density at radius 3 is 3.06 bits per heavy atom. The molecule has 4 nitrogen and oxygen atoms in total. The molecule has 1 aliphatic rings. The summed E-state index contributed by atoms with van der Waals surface area (Å²) in [4.78, 5) is 7.07. The molecule has 0 aliphatic carbocycles. The van der Waals surface area contributed by atoms with E-state index in [1.807, 2.05) is 23.7 Å². The normalized spacial score (nSPS) is 21.1. The molecule has 2 aromatic rings. The van der Waals surface area contributed by atoms with Gasteiger partial charge in [-0.1, -0.05) is 0 Å². The number of aromatic nitrogens is 3. The number of fused-ring (bicyclic) bond motifs is 1. The zero-order chi connectivity index (χ0) is 11.8. The number of anilines is 1.